The van der Waals surface area contributed by atoms with E-state index in [0.29, 0.717) is 58.1 Å². The molecular formula is C46H50N14O6. The number of fused-ring (bicyclic) bond motifs is 3. The van der Waals surface area contributed by atoms with Crippen LogP contribution in [-0.4, -0.2) is 78.5 Å². The van der Waals surface area contributed by atoms with Gasteiger partial charge in [-0.1, -0.05) is 12.1 Å². The topological polar surface area (TPSA) is 294 Å². The Labute approximate surface area is 378 Å². The molecule has 7 rings (SSSR count). The zero-order chi connectivity index (χ0) is 47.4. The Bertz CT molecular complexity index is 2770. The van der Waals surface area contributed by atoms with Crippen molar-refractivity contribution in [3.8, 4) is 11.1 Å². The standard InChI is InChI=1S/C46H50N14O6/c1-57-23-31(17-35(57)43(63)51-13-11-39(47)48)55-45(65)37-19-29(21-59(37)3)53-41(61)27-7-9-33-25(15-27)5-6-26-16-28(8-10-34(26)33)42(62)54-30-20-38(60(4)22-30)46(66)56-32-18-36(58(2)24-32)44(64)52-14-12-40(49)50/h7-10,15-24H,5-6,11-14H2,1-4H3,(H3,47,48)(H3,49,50)(H,51,63)(H,52,64)(H,53,61)(H,54,62)(H,55,65)(H,56,66). The second-order valence-corrected chi connectivity index (χ2v) is 16.0. The highest BCUT2D eigenvalue weighted by molar-refractivity contribution is 6.09. The molecule has 1 aliphatic rings. The van der Waals surface area contributed by atoms with Gasteiger partial charge in [0.05, 0.1) is 34.4 Å². The molecule has 66 heavy (non-hydrogen) atoms. The molecule has 2 aromatic carbocycles. The number of nitrogens with two attached hydrogens (primary N) is 2. The van der Waals surface area contributed by atoms with Crippen molar-refractivity contribution in [3.05, 3.63) is 130 Å². The first-order valence-corrected chi connectivity index (χ1v) is 20.8. The number of rotatable bonds is 16. The minimum atomic E-state index is -0.442. The van der Waals surface area contributed by atoms with E-state index in [2.05, 4.69) is 31.9 Å². The molecule has 4 heterocycles. The highest BCUT2D eigenvalue weighted by atomic mass is 16.2. The maximum atomic E-state index is 13.5. The predicted octanol–water partition coefficient (Wildman–Crippen LogP) is 3.93. The molecule has 20 heteroatoms. The van der Waals surface area contributed by atoms with Gasteiger partial charge in [0, 0.05) is 90.0 Å². The summed E-state index contributed by atoms with van der Waals surface area (Å²) < 4.78 is 6.33. The van der Waals surface area contributed by atoms with E-state index in [9.17, 15) is 28.8 Å². The van der Waals surface area contributed by atoms with Crippen molar-refractivity contribution in [3.63, 3.8) is 0 Å². The van der Waals surface area contributed by atoms with Crippen LogP contribution in [0.5, 0.6) is 0 Å². The normalized spacial score (nSPS) is 11.5. The van der Waals surface area contributed by atoms with E-state index in [-0.39, 0.29) is 72.6 Å². The van der Waals surface area contributed by atoms with E-state index in [0.717, 1.165) is 22.3 Å². The third-order valence-corrected chi connectivity index (χ3v) is 11.0. The van der Waals surface area contributed by atoms with Crippen LogP contribution in [0, 0.1) is 10.8 Å². The van der Waals surface area contributed by atoms with Crippen LogP contribution in [0.4, 0.5) is 22.7 Å². The Morgan fingerprint density at radius 1 is 0.470 bits per heavy atom. The quantitative estimate of drug-likeness (QED) is 0.0501. The average molecular weight is 895 g/mol. The van der Waals surface area contributed by atoms with Crippen molar-refractivity contribution < 1.29 is 28.8 Å². The van der Waals surface area contributed by atoms with Gasteiger partial charge in [0.2, 0.25) is 0 Å². The van der Waals surface area contributed by atoms with Crippen molar-refractivity contribution >= 4 is 69.9 Å². The first kappa shape index (κ1) is 45.3. The SMILES string of the molecule is Cn1cc(NC(=O)c2cc(NC(=O)c3ccc4c(c3)CCc3cc(C(=O)Nc5cc(C(=O)Nc6cc(C(=O)NCCC(=N)N)n(C)c6)n(C)c5)ccc3-4)cn2C)cc1C(=O)NCCC(=N)N. The Morgan fingerprint density at radius 3 is 1.09 bits per heavy atom. The van der Waals surface area contributed by atoms with Gasteiger partial charge in [0.1, 0.15) is 22.8 Å². The van der Waals surface area contributed by atoms with E-state index < -0.39 is 11.8 Å². The lowest BCUT2D eigenvalue weighted by atomic mass is 9.84. The molecule has 0 spiro atoms. The monoisotopic (exact) mass is 894 g/mol. The van der Waals surface area contributed by atoms with Crippen LogP contribution in [0.2, 0.25) is 0 Å². The van der Waals surface area contributed by atoms with Gasteiger partial charge in [-0.05, 0) is 83.6 Å². The molecule has 0 bridgehead atoms. The smallest absolute Gasteiger partial charge is 0.272 e. The molecule has 20 nitrogen and oxygen atoms in total. The highest BCUT2D eigenvalue weighted by Gasteiger charge is 2.23. The second kappa shape index (κ2) is 19.0. The molecule has 4 aromatic heterocycles. The molecule has 6 amide bonds. The highest BCUT2D eigenvalue weighted by Crippen LogP contribution is 2.35. The van der Waals surface area contributed by atoms with Gasteiger partial charge in [-0.15, -0.1) is 0 Å². The van der Waals surface area contributed by atoms with Crippen LogP contribution < -0.4 is 43.4 Å². The van der Waals surface area contributed by atoms with Crippen molar-refractivity contribution in [1.29, 1.82) is 10.8 Å². The fourth-order valence-electron chi connectivity index (χ4n) is 7.71. The number of carbonyl (C=O) groups is 6. The maximum Gasteiger partial charge on any atom is 0.272 e. The minimum Gasteiger partial charge on any atom is -0.388 e. The average Bonchev–Trinajstić information content (AvgIpc) is 4.04. The van der Waals surface area contributed by atoms with Crippen LogP contribution in [0.25, 0.3) is 11.1 Å². The molecule has 0 saturated heterocycles. The zero-order valence-corrected chi connectivity index (χ0v) is 36.7. The molecule has 0 aliphatic heterocycles. The van der Waals surface area contributed by atoms with E-state index in [1.165, 1.54) is 0 Å². The lowest BCUT2D eigenvalue weighted by molar-refractivity contribution is 0.0938. The van der Waals surface area contributed by atoms with Crippen LogP contribution >= 0.6 is 0 Å². The molecule has 0 saturated carbocycles. The molecule has 12 N–H and O–H groups in total. The van der Waals surface area contributed by atoms with Gasteiger partial charge in [0.15, 0.2) is 0 Å². The van der Waals surface area contributed by atoms with Crippen molar-refractivity contribution in [2.24, 2.45) is 39.7 Å². The zero-order valence-electron chi connectivity index (χ0n) is 36.7. The number of hydrogen-bond donors (Lipinski definition) is 10. The summed E-state index contributed by atoms with van der Waals surface area (Å²) >= 11 is 0. The van der Waals surface area contributed by atoms with Gasteiger partial charge in [-0.3, -0.25) is 39.6 Å². The largest absolute Gasteiger partial charge is 0.388 e. The summed E-state index contributed by atoms with van der Waals surface area (Å²) in [5.41, 5.74) is 18.3. The summed E-state index contributed by atoms with van der Waals surface area (Å²) in [5, 5.41) is 31.4. The van der Waals surface area contributed by atoms with Gasteiger partial charge in [-0.25, -0.2) is 0 Å². The summed E-state index contributed by atoms with van der Waals surface area (Å²) in [6.07, 6.45) is 8.20. The lowest BCUT2D eigenvalue weighted by Gasteiger charge is -2.21. The summed E-state index contributed by atoms with van der Waals surface area (Å²) in [6.45, 7) is 0.422. The molecule has 0 unspecified atom stereocenters. The first-order valence-electron chi connectivity index (χ1n) is 20.8. The van der Waals surface area contributed by atoms with E-state index >= 15 is 0 Å². The van der Waals surface area contributed by atoms with Crippen LogP contribution in [0.1, 0.15) is 86.6 Å². The van der Waals surface area contributed by atoms with Gasteiger partial charge < -0.3 is 61.6 Å². The molecule has 0 fully saturated rings. The number of aromatic nitrogens is 4. The van der Waals surface area contributed by atoms with Crippen LogP contribution in [0.3, 0.4) is 0 Å². The molecule has 6 aromatic rings. The van der Waals surface area contributed by atoms with Crippen LogP contribution in [0.15, 0.2) is 85.5 Å². The number of amidine groups is 2. The Morgan fingerprint density at radius 2 is 0.773 bits per heavy atom. The lowest BCUT2D eigenvalue weighted by Crippen LogP contribution is -2.28. The Kier molecular flexibility index (Phi) is 13.0. The summed E-state index contributed by atoms with van der Waals surface area (Å²) in [5.74, 6) is -2.40. The fourth-order valence-corrected chi connectivity index (χ4v) is 7.71. The maximum absolute atomic E-state index is 13.5. The number of nitrogens with zero attached hydrogens (tertiary/aromatic N) is 4. The van der Waals surface area contributed by atoms with Crippen molar-refractivity contribution in [2.75, 3.05) is 34.4 Å². The number of aryl methyl sites for hydroxylation is 6. The van der Waals surface area contributed by atoms with Gasteiger partial charge in [-0.2, -0.15) is 0 Å². The number of nitrogens with one attached hydrogen (secondary N) is 8. The van der Waals surface area contributed by atoms with Gasteiger partial charge in [0.25, 0.3) is 35.4 Å². The number of hydrogen-bond acceptors (Lipinski definition) is 8. The van der Waals surface area contributed by atoms with E-state index in [1.54, 1.807) is 108 Å². The number of carbonyl (C=O) groups excluding carboxylic acids is 6. The van der Waals surface area contributed by atoms with E-state index in [4.69, 9.17) is 22.3 Å². The molecular weight excluding hydrogens is 845 g/mol. The molecule has 1 aliphatic carbocycles. The predicted molar refractivity (Wildman–Crippen MR) is 250 cm³/mol. The van der Waals surface area contributed by atoms with Gasteiger partial charge >= 0.3 is 0 Å². The molecule has 0 radical (unpaired) electrons. The van der Waals surface area contributed by atoms with Crippen LogP contribution in [-0.2, 0) is 41.0 Å². The van der Waals surface area contributed by atoms with E-state index in [1.807, 2.05) is 24.3 Å². The number of amides is 6. The summed E-state index contributed by atoms with van der Waals surface area (Å²) in [7, 11) is 6.72. The minimum absolute atomic E-state index is 0.0349. The number of anilines is 4. The Hall–Kier alpha value is -8.68. The molecule has 0 atom stereocenters. The first-order chi connectivity index (χ1) is 31.4. The number of benzene rings is 2. The summed E-state index contributed by atoms with van der Waals surface area (Å²) in [4.78, 5) is 78.6. The van der Waals surface area contributed by atoms with Crippen molar-refractivity contribution in [1.82, 2.24) is 28.9 Å². The summed E-state index contributed by atoms with van der Waals surface area (Å²) in [6, 6.07) is 17.2. The fraction of sp³-hybridized carbons (Fsp3) is 0.217. The van der Waals surface area contributed by atoms with Crippen molar-refractivity contribution in [2.45, 2.75) is 25.7 Å². The third-order valence-electron chi connectivity index (χ3n) is 11.0. The third kappa shape index (κ3) is 10.2. The molecule has 340 valence electrons. The Balaban J connectivity index is 0.947. The second-order valence-electron chi connectivity index (χ2n) is 16.0.